The fraction of sp³-hybridized carbons (Fsp3) is 0.605. The zero-order chi connectivity index (χ0) is 37.9. The summed E-state index contributed by atoms with van der Waals surface area (Å²) in [5, 5.41) is 0.775. The highest BCUT2D eigenvalue weighted by Gasteiger charge is 2.20. The van der Waals surface area contributed by atoms with Gasteiger partial charge in [0.25, 0.3) is 0 Å². The third-order valence-electron chi connectivity index (χ3n) is 9.04. The maximum absolute atomic E-state index is 12.9. The van der Waals surface area contributed by atoms with E-state index >= 15 is 0 Å². The Labute approximate surface area is 328 Å². The number of hydrogen-bond donors (Lipinski definition) is 0. The van der Waals surface area contributed by atoms with Crippen LogP contribution in [-0.4, -0.2) is 50.6 Å². The summed E-state index contributed by atoms with van der Waals surface area (Å²) in [4.78, 5) is 42.0. The average molecular weight is 765 g/mol. The molecule has 0 saturated carbocycles. The van der Waals surface area contributed by atoms with Crippen molar-refractivity contribution in [2.24, 2.45) is 0 Å². The van der Waals surface area contributed by atoms with Crippen LogP contribution >= 0.6 is 23.5 Å². The molecule has 0 bridgehead atoms. The van der Waals surface area contributed by atoms with Crippen LogP contribution in [0.1, 0.15) is 143 Å². The first-order valence-electron chi connectivity index (χ1n) is 20.2. The van der Waals surface area contributed by atoms with Crippen molar-refractivity contribution >= 4 is 52.8 Å². The Balaban J connectivity index is 1.61. The van der Waals surface area contributed by atoms with Gasteiger partial charge in [-0.1, -0.05) is 164 Å². The number of benzene rings is 2. The van der Waals surface area contributed by atoms with E-state index in [0.29, 0.717) is 16.3 Å². The first kappa shape index (κ1) is 44.3. The number of nitrogens with zero attached hydrogens (tertiary/aromatic N) is 4. The minimum absolute atomic E-state index is 0.0737. The van der Waals surface area contributed by atoms with Gasteiger partial charge >= 0.3 is 11.9 Å². The van der Waals surface area contributed by atoms with E-state index in [1.807, 2.05) is 79.4 Å². The fourth-order valence-corrected chi connectivity index (χ4v) is 7.39. The number of rotatable bonds is 29. The van der Waals surface area contributed by atoms with E-state index in [4.69, 9.17) is 19.4 Å². The Bertz CT molecular complexity index is 1310. The van der Waals surface area contributed by atoms with Crippen molar-refractivity contribution in [3.63, 3.8) is 0 Å². The Morgan fingerprint density at radius 1 is 0.547 bits per heavy atom. The number of carbonyl (C=O) groups excluding carboxylic acids is 2. The van der Waals surface area contributed by atoms with Crippen LogP contribution in [0.3, 0.4) is 0 Å². The molecule has 0 spiro atoms. The molecule has 0 radical (unpaired) electrons. The molecule has 3 rings (SSSR count). The molecule has 3 aromatic rings. The lowest BCUT2D eigenvalue weighted by molar-refractivity contribution is -0.146. The molecule has 0 aliphatic carbocycles. The molecule has 0 unspecified atom stereocenters. The number of para-hydroxylation sites is 2. The monoisotopic (exact) mass is 764 g/mol. The molecule has 1 heterocycles. The maximum atomic E-state index is 12.9. The predicted molar refractivity (Wildman–Crippen MR) is 222 cm³/mol. The summed E-state index contributed by atoms with van der Waals surface area (Å²) in [5.74, 6) is -0.0463. The number of aromatic nitrogens is 3. The standard InChI is InChI=1S/C43H64N4O4S2/c1-5-7-9-11-13-15-17-21-27-35(3)50-39(48)33-52-42-44-41(47(37-29-23-19-24-30-37)38-31-25-20-26-32-38)45-43(46-42)53-34-40(49)51-36(4)28-22-18-16-14-12-10-8-6-2/h19-20,23-26,29-32,35-36H,5-18,21-22,27-28,33-34H2,1-4H3/t35-,36-/m1/s1. The van der Waals surface area contributed by atoms with Gasteiger partial charge in [-0.2, -0.15) is 15.0 Å². The minimum atomic E-state index is -0.296. The van der Waals surface area contributed by atoms with Gasteiger partial charge in [0.1, 0.15) is 0 Å². The average Bonchev–Trinajstić information content (AvgIpc) is 3.16. The highest BCUT2D eigenvalue weighted by Crippen LogP contribution is 2.33. The predicted octanol–water partition coefficient (Wildman–Crippen LogP) is 12.5. The lowest BCUT2D eigenvalue weighted by Gasteiger charge is -2.23. The molecule has 0 fully saturated rings. The highest BCUT2D eigenvalue weighted by atomic mass is 32.2. The number of unbranched alkanes of at least 4 members (excludes halogenated alkanes) is 14. The third kappa shape index (κ3) is 19.2. The normalized spacial score (nSPS) is 12.3. The molecule has 1 aromatic heterocycles. The zero-order valence-electron chi connectivity index (χ0n) is 32.8. The minimum Gasteiger partial charge on any atom is -0.462 e. The number of carbonyl (C=O) groups is 2. The van der Waals surface area contributed by atoms with E-state index in [2.05, 4.69) is 18.8 Å². The van der Waals surface area contributed by atoms with E-state index in [1.54, 1.807) is 0 Å². The first-order chi connectivity index (χ1) is 25.9. The summed E-state index contributed by atoms with van der Waals surface area (Å²) in [6.45, 7) is 8.41. The van der Waals surface area contributed by atoms with Crippen molar-refractivity contribution in [1.82, 2.24) is 15.0 Å². The van der Waals surface area contributed by atoms with E-state index in [9.17, 15) is 9.59 Å². The van der Waals surface area contributed by atoms with Crippen molar-refractivity contribution in [2.75, 3.05) is 16.4 Å². The van der Waals surface area contributed by atoms with E-state index in [0.717, 1.165) is 37.1 Å². The SMILES string of the molecule is CCCCCCCCCC[C@@H](C)OC(=O)CSc1nc(SCC(=O)O[C@H](C)CCCCCCCCCC)nc(N(c2ccccc2)c2ccccc2)n1. The van der Waals surface area contributed by atoms with Crippen molar-refractivity contribution in [3.05, 3.63) is 60.7 Å². The molecule has 0 saturated heterocycles. The Kier molecular flexibility index (Phi) is 23.0. The molecule has 0 N–H and O–H groups in total. The lowest BCUT2D eigenvalue weighted by atomic mass is 10.1. The number of thioether (sulfide) groups is 2. The largest absolute Gasteiger partial charge is 0.462 e. The molecular weight excluding hydrogens is 701 g/mol. The molecule has 0 aliphatic rings. The number of hydrogen-bond acceptors (Lipinski definition) is 10. The van der Waals surface area contributed by atoms with Crippen LogP contribution < -0.4 is 4.90 Å². The van der Waals surface area contributed by atoms with Crippen molar-refractivity contribution < 1.29 is 19.1 Å². The smallest absolute Gasteiger partial charge is 0.316 e. The second-order valence-corrected chi connectivity index (χ2v) is 15.8. The summed E-state index contributed by atoms with van der Waals surface area (Å²) in [5.41, 5.74) is 1.75. The van der Waals surface area contributed by atoms with E-state index in [1.165, 1.54) is 113 Å². The van der Waals surface area contributed by atoms with Gasteiger partial charge < -0.3 is 9.47 Å². The van der Waals surface area contributed by atoms with E-state index in [-0.39, 0.29) is 35.7 Å². The topological polar surface area (TPSA) is 94.5 Å². The van der Waals surface area contributed by atoms with Crippen LogP contribution in [0.2, 0.25) is 0 Å². The van der Waals surface area contributed by atoms with Crippen LogP contribution in [0.15, 0.2) is 71.0 Å². The van der Waals surface area contributed by atoms with Crippen LogP contribution in [-0.2, 0) is 19.1 Å². The van der Waals surface area contributed by atoms with Gasteiger partial charge in [-0.3, -0.25) is 14.5 Å². The van der Waals surface area contributed by atoms with Crippen LogP contribution in [0.5, 0.6) is 0 Å². The number of ether oxygens (including phenoxy) is 2. The van der Waals surface area contributed by atoms with Crippen molar-refractivity contribution in [3.8, 4) is 0 Å². The fourth-order valence-electron chi connectivity index (χ4n) is 6.10. The molecule has 2 aromatic carbocycles. The van der Waals surface area contributed by atoms with Gasteiger partial charge in [0.2, 0.25) is 5.95 Å². The molecule has 292 valence electrons. The van der Waals surface area contributed by atoms with Crippen molar-refractivity contribution in [1.29, 1.82) is 0 Å². The Morgan fingerprint density at radius 3 is 1.28 bits per heavy atom. The number of esters is 2. The molecule has 8 nitrogen and oxygen atoms in total. The molecule has 10 heteroatoms. The molecule has 53 heavy (non-hydrogen) atoms. The van der Waals surface area contributed by atoms with Crippen LogP contribution in [0.25, 0.3) is 0 Å². The molecule has 0 aliphatic heterocycles. The summed E-state index contributed by atoms with van der Waals surface area (Å²) < 4.78 is 11.5. The Hall–Kier alpha value is -3.11. The molecule has 2 atom stereocenters. The maximum Gasteiger partial charge on any atom is 0.316 e. The second-order valence-electron chi connectivity index (χ2n) is 13.9. The van der Waals surface area contributed by atoms with Crippen molar-refractivity contribution in [2.45, 2.75) is 166 Å². The van der Waals surface area contributed by atoms with Gasteiger partial charge in [0, 0.05) is 11.4 Å². The first-order valence-corrected chi connectivity index (χ1v) is 22.2. The molecule has 0 amide bonds. The van der Waals surface area contributed by atoms with Gasteiger partial charge in [-0.25, -0.2) is 0 Å². The lowest BCUT2D eigenvalue weighted by Crippen LogP contribution is -2.18. The molecular formula is C43H64N4O4S2. The third-order valence-corrected chi connectivity index (χ3v) is 10.7. The van der Waals surface area contributed by atoms with E-state index < -0.39 is 0 Å². The van der Waals surface area contributed by atoms with Gasteiger partial charge in [0.05, 0.1) is 23.7 Å². The zero-order valence-corrected chi connectivity index (χ0v) is 34.4. The quantitative estimate of drug-likeness (QED) is 0.0386. The van der Waals surface area contributed by atoms with Crippen LogP contribution in [0, 0.1) is 0 Å². The number of anilines is 3. The summed E-state index contributed by atoms with van der Waals surface area (Å²) in [6, 6.07) is 19.8. The summed E-state index contributed by atoms with van der Waals surface area (Å²) in [6.07, 6.45) is 21.4. The van der Waals surface area contributed by atoms with Gasteiger partial charge in [0.15, 0.2) is 10.3 Å². The summed E-state index contributed by atoms with van der Waals surface area (Å²) >= 11 is 2.44. The van der Waals surface area contributed by atoms with Crippen LogP contribution in [0.4, 0.5) is 17.3 Å². The Morgan fingerprint density at radius 2 is 0.906 bits per heavy atom. The van der Waals surface area contributed by atoms with Gasteiger partial charge in [-0.15, -0.1) is 0 Å². The summed E-state index contributed by atoms with van der Waals surface area (Å²) in [7, 11) is 0. The second kappa shape index (κ2) is 27.5. The van der Waals surface area contributed by atoms with Gasteiger partial charge in [-0.05, 0) is 63.8 Å². The highest BCUT2D eigenvalue weighted by molar-refractivity contribution is 8.00.